The molecule has 0 amide bonds. The average Bonchev–Trinajstić information content (AvgIpc) is 2.52. The Hall–Kier alpha value is 0.644. The molecule has 0 atom stereocenters. The van der Waals surface area contributed by atoms with E-state index in [1.54, 1.807) is 14.4 Å². The molecule has 0 radical (unpaired) electrons. The van der Waals surface area contributed by atoms with Crippen LogP contribution in [0, 0.1) is 0 Å². The van der Waals surface area contributed by atoms with Gasteiger partial charge in [-0.3, -0.25) is 0 Å². The van der Waals surface area contributed by atoms with Crippen molar-refractivity contribution >= 4 is 52.0 Å². The van der Waals surface area contributed by atoms with Crippen LogP contribution in [-0.4, -0.2) is 9.97 Å². The van der Waals surface area contributed by atoms with Crippen LogP contribution < -0.4 is 0 Å². The van der Waals surface area contributed by atoms with Crippen molar-refractivity contribution < 1.29 is 8.07 Å². The van der Waals surface area contributed by atoms with Crippen molar-refractivity contribution in [3.8, 4) is 0 Å². The minimum absolute atomic E-state index is 1.03. The fourth-order valence-corrected chi connectivity index (χ4v) is 0.880. The van der Waals surface area contributed by atoms with Crippen LogP contribution in [0.2, 0.25) is 0 Å². The topological polar surface area (TPSA) is 28.7 Å². The molecule has 5 heteroatoms. The third-order valence-corrected chi connectivity index (χ3v) is 1.33. The molecule has 0 fully saturated rings. The number of fused-ring (bicyclic) bond motifs is 1. The van der Waals surface area contributed by atoms with Gasteiger partial charge in [-0.15, -0.1) is 0 Å². The van der Waals surface area contributed by atoms with Gasteiger partial charge in [0.15, 0.2) is 0 Å². The van der Waals surface area contributed by atoms with E-state index in [4.69, 9.17) is 0 Å². The average molecular weight is 431 g/mol. The van der Waals surface area contributed by atoms with Gasteiger partial charge in [0.1, 0.15) is 0 Å². The Morgan fingerprint density at radius 2 is 1.92 bits per heavy atom. The third-order valence-electron chi connectivity index (χ3n) is 1.33. The van der Waals surface area contributed by atoms with Crippen molar-refractivity contribution in [2.24, 2.45) is 0 Å². The molecule has 0 aliphatic carbocycles. The quantitative estimate of drug-likeness (QED) is 0.504. The van der Waals surface area contributed by atoms with E-state index < -0.39 is 0 Å². The molecule has 0 aliphatic heterocycles. The van der Waals surface area contributed by atoms with Gasteiger partial charge in [0.05, 0.1) is 17.4 Å². The first-order chi connectivity index (χ1) is 5.88. The number of aromatic amines is 1. The number of imidazole rings is 1. The maximum absolute atomic E-state index is 4.06. The first-order valence-corrected chi connectivity index (χ1v) is 9.46. The molecular weight excluding hydrogens is 425 g/mol. The standard InChI is InChI=1S/C7H6N2.2HI.Ni/c1-2-4-7-6(3-1)8-5-9-7;;;/h1-5H,(H,8,9);2*1H;/q;;;+2/p-2. The van der Waals surface area contributed by atoms with Gasteiger partial charge in [0, 0.05) is 0 Å². The monoisotopic (exact) mass is 430 g/mol. The number of H-pyrrole nitrogens is 1. The molecule has 68 valence electrons. The van der Waals surface area contributed by atoms with E-state index in [1.807, 2.05) is 24.3 Å². The van der Waals surface area contributed by atoms with E-state index in [9.17, 15) is 0 Å². The molecule has 1 N–H and O–H groups in total. The summed E-state index contributed by atoms with van der Waals surface area (Å²) < 4.78 is 0. The summed E-state index contributed by atoms with van der Waals surface area (Å²) in [6.07, 6.45) is 1.70. The SMILES string of the molecule is [I][Ni][I].c1ccc2[nH]cnc2c1. The summed E-state index contributed by atoms with van der Waals surface area (Å²) in [4.78, 5) is 7.07. The van der Waals surface area contributed by atoms with Crippen LogP contribution in [0.25, 0.3) is 11.0 Å². The fourth-order valence-electron chi connectivity index (χ4n) is 0.880. The van der Waals surface area contributed by atoms with Gasteiger partial charge >= 0.3 is 49.0 Å². The predicted molar refractivity (Wildman–Crippen MR) is 64.1 cm³/mol. The molecule has 2 rings (SSSR count). The second-order valence-electron chi connectivity index (χ2n) is 1.96. The summed E-state index contributed by atoms with van der Waals surface area (Å²) in [5.41, 5.74) is 2.12. The Morgan fingerprint density at radius 3 is 2.58 bits per heavy atom. The maximum Gasteiger partial charge on any atom is 0.0931 e. The normalized spacial score (nSPS) is 9.50. The minimum atomic E-state index is 1.03. The molecular formula is C7H6I2N2Ni. The van der Waals surface area contributed by atoms with E-state index in [2.05, 4.69) is 50.9 Å². The van der Waals surface area contributed by atoms with Crippen LogP contribution in [0.5, 0.6) is 0 Å². The number of hydrogen-bond acceptors (Lipinski definition) is 1. The zero-order chi connectivity index (χ0) is 8.81. The summed E-state index contributed by atoms with van der Waals surface area (Å²) in [6.45, 7) is 0. The van der Waals surface area contributed by atoms with Crippen LogP contribution in [0.1, 0.15) is 0 Å². The largest absolute Gasteiger partial charge is 0.345 e. The number of nitrogens with one attached hydrogen (secondary N) is 1. The first kappa shape index (κ1) is 10.7. The van der Waals surface area contributed by atoms with E-state index in [1.165, 1.54) is 0 Å². The fraction of sp³-hybridized carbons (Fsp3) is 0. The molecule has 12 heavy (non-hydrogen) atoms. The number of para-hydroxylation sites is 2. The number of hydrogen-bond donors (Lipinski definition) is 1. The molecule has 0 unspecified atom stereocenters. The van der Waals surface area contributed by atoms with Crippen LogP contribution in [0.3, 0.4) is 0 Å². The van der Waals surface area contributed by atoms with E-state index in [0.29, 0.717) is 0 Å². The minimum Gasteiger partial charge on any atom is -0.345 e. The molecule has 1 aromatic carbocycles. The molecule has 1 heterocycles. The number of halogens is 2. The second-order valence-corrected chi connectivity index (χ2v) is 10.3. The van der Waals surface area contributed by atoms with E-state index >= 15 is 0 Å². The van der Waals surface area contributed by atoms with Gasteiger partial charge in [-0.25, -0.2) is 4.98 Å². The van der Waals surface area contributed by atoms with Gasteiger partial charge in [-0.2, -0.15) is 0 Å². The van der Waals surface area contributed by atoms with E-state index in [-0.39, 0.29) is 0 Å². The van der Waals surface area contributed by atoms with Gasteiger partial charge in [0.2, 0.25) is 0 Å². The van der Waals surface area contributed by atoms with Crippen molar-refractivity contribution in [3.63, 3.8) is 0 Å². The Morgan fingerprint density at radius 1 is 1.25 bits per heavy atom. The van der Waals surface area contributed by atoms with Crippen molar-refractivity contribution in [2.75, 3.05) is 0 Å². The van der Waals surface area contributed by atoms with Gasteiger partial charge < -0.3 is 4.98 Å². The Bertz CT molecular complexity index is 306. The molecule has 2 aromatic rings. The molecule has 0 saturated heterocycles. The van der Waals surface area contributed by atoms with Crippen molar-refractivity contribution in [1.82, 2.24) is 9.97 Å². The Balaban J connectivity index is 0.000000213. The predicted octanol–water partition coefficient (Wildman–Crippen LogP) is 3.33. The number of benzene rings is 1. The summed E-state index contributed by atoms with van der Waals surface area (Å²) in [6, 6.07) is 7.94. The van der Waals surface area contributed by atoms with Crippen LogP contribution in [0.15, 0.2) is 30.6 Å². The smallest absolute Gasteiger partial charge is 0.0931 e. The Kier molecular flexibility index (Phi) is 5.50. The summed E-state index contributed by atoms with van der Waals surface area (Å²) in [5.74, 6) is 0. The second kappa shape index (κ2) is 6.15. The van der Waals surface area contributed by atoms with E-state index in [0.717, 1.165) is 11.0 Å². The maximum atomic E-state index is 4.06. The zero-order valence-corrected chi connectivity index (χ0v) is 11.2. The molecule has 0 aliphatic rings. The van der Waals surface area contributed by atoms with Crippen molar-refractivity contribution in [1.29, 1.82) is 0 Å². The van der Waals surface area contributed by atoms with Gasteiger partial charge in [0.25, 0.3) is 0 Å². The number of nitrogens with zero attached hydrogens (tertiary/aromatic N) is 1. The molecule has 0 bridgehead atoms. The summed E-state index contributed by atoms with van der Waals surface area (Å²) in [7, 11) is 1.56. The summed E-state index contributed by atoms with van der Waals surface area (Å²) in [5, 5.41) is 0. The molecule has 0 saturated carbocycles. The zero-order valence-electron chi connectivity index (χ0n) is 5.91. The first-order valence-electron chi connectivity index (χ1n) is 3.09. The third kappa shape index (κ3) is 3.18. The Labute approximate surface area is 99.5 Å². The van der Waals surface area contributed by atoms with Crippen LogP contribution in [-0.2, 0) is 8.07 Å². The molecule has 1 aromatic heterocycles. The number of aromatic nitrogens is 2. The summed E-state index contributed by atoms with van der Waals surface area (Å²) >= 11 is 4.43. The van der Waals surface area contributed by atoms with Gasteiger partial charge in [-0.1, -0.05) is 12.1 Å². The van der Waals surface area contributed by atoms with Crippen LogP contribution in [0.4, 0.5) is 0 Å². The van der Waals surface area contributed by atoms with Crippen LogP contribution >= 0.6 is 41.0 Å². The van der Waals surface area contributed by atoms with Crippen molar-refractivity contribution in [2.45, 2.75) is 0 Å². The number of rotatable bonds is 0. The van der Waals surface area contributed by atoms with Crippen molar-refractivity contribution in [3.05, 3.63) is 30.6 Å². The van der Waals surface area contributed by atoms with Gasteiger partial charge in [-0.05, 0) is 12.1 Å². The molecule has 2 nitrogen and oxygen atoms in total. The molecule has 0 spiro atoms.